The lowest BCUT2D eigenvalue weighted by Crippen LogP contribution is -2.15. The molecule has 0 saturated carbocycles. The van der Waals surface area contributed by atoms with Gasteiger partial charge in [-0.05, 0) is 62.2 Å². The quantitative estimate of drug-likeness (QED) is 0.666. The highest BCUT2D eigenvalue weighted by atomic mass is 79.9. The molecule has 0 aliphatic carbocycles. The first-order valence-electron chi connectivity index (χ1n) is 7.58. The molecule has 0 radical (unpaired) electrons. The van der Waals surface area contributed by atoms with Gasteiger partial charge in [-0.1, -0.05) is 27.6 Å². The van der Waals surface area contributed by atoms with Crippen LogP contribution in [0.1, 0.15) is 22.4 Å². The normalized spacial score (nSPS) is 11.0. The molecule has 2 N–H and O–H groups in total. The summed E-state index contributed by atoms with van der Waals surface area (Å²) in [5, 5.41) is 4.14. The van der Waals surface area contributed by atoms with Gasteiger partial charge in [0.25, 0.3) is 0 Å². The van der Waals surface area contributed by atoms with Crippen molar-refractivity contribution in [2.75, 3.05) is 5.32 Å². The van der Waals surface area contributed by atoms with Gasteiger partial charge in [0.15, 0.2) is 0 Å². The molecule has 118 valence electrons. The summed E-state index contributed by atoms with van der Waals surface area (Å²) in [7, 11) is 0. The number of anilines is 1. The molecule has 0 unspecified atom stereocenters. The van der Waals surface area contributed by atoms with Crippen molar-refractivity contribution in [2.24, 2.45) is 0 Å². The van der Waals surface area contributed by atoms with E-state index in [4.69, 9.17) is 0 Å². The number of aromatic nitrogens is 1. The van der Waals surface area contributed by atoms with Crippen molar-refractivity contribution in [1.82, 2.24) is 4.98 Å². The molecule has 1 aromatic heterocycles. The SMILES string of the molecule is Cc1ccc2[nH]c(C)c(CC(=O)Nc3ccc(Br)cc3C)c2c1. The first kappa shape index (κ1) is 15.8. The van der Waals surface area contributed by atoms with Crippen molar-refractivity contribution in [3.63, 3.8) is 0 Å². The van der Waals surface area contributed by atoms with E-state index in [2.05, 4.69) is 51.4 Å². The molecule has 23 heavy (non-hydrogen) atoms. The number of carbonyl (C=O) groups excluding carboxylic acids is 1. The molecule has 1 heterocycles. The highest BCUT2D eigenvalue weighted by Gasteiger charge is 2.13. The maximum absolute atomic E-state index is 12.5. The number of rotatable bonds is 3. The van der Waals surface area contributed by atoms with E-state index in [1.807, 2.05) is 32.0 Å². The monoisotopic (exact) mass is 370 g/mol. The molecule has 0 bridgehead atoms. The number of fused-ring (bicyclic) bond motifs is 1. The van der Waals surface area contributed by atoms with E-state index in [0.717, 1.165) is 37.9 Å². The Bertz CT molecular complexity index is 896. The fourth-order valence-corrected chi connectivity index (χ4v) is 3.32. The molecule has 0 aliphatic heterocycles. The van der Waals surface area contributed by atoms with Crippen molar-refractivity contribution in [1.29, 1.82) is 0 Å². The fourth-order valence-electron chi connectivity index (χ4n) is 2.85. The zero-order valence-corrected chi connectivity index (χ0v) is 15.0. The van der Waals surface area contributed by atoms with E-state index < -0.39 is 0 Å². The van der Waals surface area contributed by atoms with E-state index in [9.17, 15) is 4.79 Å². The number of halogens is 1. The van der Waals surface area contributed by atoms with Gasteiger partial charge in [0.05, 0.1) is 6.42 Å². The van der Waals surface area contributed by atoms with E-state index in [-0.39, 0.29) is 5.91 Å². The van der Waals surface area contributed by atoms with Gasteiger partial charge in [0.1, 0.15) is 0 Å². The van der Waals surface area contributed by atoms with Crippen molar-refractivity contribution < 1.29 is 4.79 Å². The molecule has 3 nitrogen and oxygen atoms in total. The van der Waals surface area contributed by atoms with Gasteiger partial charge in [-0.15, -0.1) is 0 Å². The van der Waals surface area contributed by atoms with E-state index in [1.165, 1.54) is 5.56 Å². The summed E-state index contributed by atoms with van der Waals surface area (Å²) in [5.74, 6) is 0.000860. The number of benzene rings is 2. The van der Waals surface area contributed by atoms with Gasteiger partial charge in [0.2, 0.25) is 5.91 Å². The Morgan fingerprint density at radius 3 is 2.65 bits per heavy atom. The van der Waals surface area contributed by atoms with Crippen molar-refractivity contribution >= 4 is 38.4 Å². The molecule has 2 aromatic carbocycles. The van der Waals surface area contributed by atoms with Gasteiger partial charge in [-0.2, -0.15) is 0 Å². The van der Waals surface area contributed by atoms with Gasteiger partial charge >= 0.3 is 0 Å². The Labute approximate surface area is 144 Å². The molecular weight excluding hydrogens is 352 g/mol. The first-order chi connectivity index (χ1) is 10.9. The number of carbonyl (C=O) groups is 1. The number of amides is 1. The first-order valence-corrected chi connectivity index (χ1v) is 8.37. The van der Waals surface area contributed by atoms with Crippen molar-refractivity contribution in [2.45, 2.75) is 27.2 Å². The minimum absolute atomic E-state index is 0.000860. The Balaban J connectivity index is 1.85. The van der Waals surface area contributed by atoms with Crippen LogP contribution >= 0.6 is 15.9 Å². The Morgan fingerprint density at radius 1 is 1.13 bits per heavy atom. The predicted octanol–water partition coefficient (Wildman–Crippen LogP) is 5.04. The second-order valence-corrected chi connectivity index (χ2v) is 6.88. The number of aromatic amines is 1. The van der Waals surface area contributed by atoms with Gasteiger partial charge in [0, 0.05) is 26.8 Å². The summed E-state index contributed by atoms with van der Waals surface area (Å²) < 4.78 is 1.01. The summed E-state index contributed by atoms with van der Waals surface area (Å²) in [5.41, 5.74) is 6.29. The van der Waals surface area contributed by atoms with Crippen LogP contribution in [-0.2, 0) is 11.2 Å². The van der Waals surface area contributed by atoms with E-state index >= 15 is 0 Å². The summed E-state index contributed by atoms with van der Waals surface area (Å²) in [6, 6.07) is 12.1. The Hall–Kier alpha value is -2.07. The Kier molecular flexibility index (Phi) is 4.26. The summed E-state index contributed by atoms with van der Waals surface area (Å²) in [4.78, 5) is 15.8. The lowest BCUT2D eigenvalue weighted by molar-refractivity contribution is -0.115. The molecule has 0 spiro atoms. The molecule has 3 rings (SSSR count). The zero-order valence-electron chi connectivity index (χ0n) is 13.5. The largest absolute Gasteiger partial charge is 0.358 e. The van der Waals surface area contributed by atoms with Crippen LogP contribution in [0.2, 0.25) is 0 Å². The molecule has 1 amide bonds. The minimum Gasteiger partial charge on any atom is -0.358 e. The smallest absolute Gasteiger partial charge is 0.228 e. The molecule has 0 aliphatic rings. The van der Waals surface area contributed by atoms with Gasteiger partial charge in [-0.3, -0.25) is 4.79 Å². The number of H-pyrrole nitrogens is 1. The van der Waals surface area contributed by atoms with Gasteiger partial charge < -0.3 is 10.3 Å². The second kappa shape index (κ2) is 6.20. The van der Waals surface area contributed by atoms with Crippen molar-refractivity contribution in [3.8, 4) is 0 Å². The number of nitrogens with one attached hydrogen (secondary N) is 2. The zero-order chi connectivity index (χ0) is 16.6. The van der Waals surface area contributed by atoms with E-state index in [0.29, 0.717) is 6.42 Å². The van der Waals surface area contributed by atoms with Crippen LogP contribution in [0.3, 0.4) is 0 Å². The summed E-state index contributed by atoms with van der Waals surface area (Å²) in [6.07, 6.45) is 0.366. The molecule has 0 fully saturated rings. The van der Waals surface area contributed by atoms with Crippen LogP contribution in [-0.4, -0.2) is 10.9 Å². The van der Waals surface area contributed by atoms with Crippen LogP contribution < -0.4 is 5.32 Å². The number of hydrogen-bond donors (Lipinski definition) is 2. The van der Waals surface area contributed by atoms with Crippen LogP contribution in [0.15, 0.2) is 40.9 Å². The molecule has 4 heteroatoms. The van der Waals surface area contributed by atoms with Crippen LogP contribution in [0.25, 0.3) is 10.9 Å². The fraction of sp³-hybridized carbons (Fsp3) is 0.211. The van der Waals surface area contributed by atoms with Crippen molar-refractivity contribution in [3.05, 3.63) is 63.3 Å². The van der Waals surface area contributed by atoms with Crippen LogP contribution in [0, 0.1) is 20.8 Å². The highest BCUT2D eigenvalue weighted by Crippen LogP contribution is 2.25. The van der Waals surface area contributed by atoms with Crippen LogP contribution in [0.4, 0.5) is 5.69 Å². The maximum atomic E-state index is 12.5. The maximum Gasteiger partial charge on any atom is 0.228 e. The molecule has 0 saturated heterocycles. The molecule has 0 atom stereocenters. The second-order valence-electron chi connectivity index (χ2n) is 5.96. The standard InChI is InChI=1S/C19H19BrN2O/c1-11-4-6-18-16(8-11)15(13(3)21-18)10-19(23)22-17-7-5-14(20)9-12(17)2/h4-9,21H,10H2,1-3H3,(H,22,23). The van der Waals surface area contributed by atoms with Gasteiger partial charge in [-0.25, -0.2) is 0 Å². The number of aryl methyl sites for hydroxylation is 3. The summed E-state index contributed by atoms with van der Waals surface area (Å²) in [6.45, 7) is 6.07. The lowest BCUT2D eigenvalue weighted by atomic mass is 10.1. The molecular formula is C19H19BrN2O. The molecule has 3 aromatic rings. The predicted molar refractivity (Wildman–Crippen MR) is 99.0 cm³/mol. The third-order valence-electron chi connectivity index (χ3n) is 4.07. The average Bonchev–Trinajstić information content (AvgIpc) is 2.78. The van der Waals surface area contributed by atoms with E-state index in [1.54, 1.807) is 0 Å². The topological polar surface area (TPSA) is 44.9 Å². The third-order valence-corrected chi connectivity index (χ3v) is 4.57. The third kappa shape index (κ3) is 3.32. The highest BCUT2D eigenvalue weighted by molar-refractivity contribution is 9.10. The average molecular weight is 371 g/mol. The number of hydrogen-bond acceptors (Lipinski definition) is 1. The summed E-state index contributed by atoms with van der Waals surface area (Å²) >= 11 is 3.44. The lowest BCUT2D eigenvalue weighted by Gasteiger charge is -2.09. The Morgan fingerprint density at radius 2 is 1.91 bits per heavy atom. The minimum atomic E-state index is 0.000860. The van der Waals surface area contributed by atoms with Crippen LogP contribution in [0.5, 0.6) is 0 Å².